The second-order valence-corrected chi connectivity index (χ2v) is 8.86. The average Bonchev–Trinajstić information content (AvgIpc) is 2.75. The third-order valence-electron chi connectivity index (χ3n) is 6.79. The van der Waals surface area contributed by atoms with E-state index in [1.165, 1.54) is 49.7 Å². The molecule has 0 aromatic heterocycles. The van der Waals surface area contributed by atoms with Gasteiger partial charge in [0.2, 0.25) is 0 Å². The van der Waals surface area contributed by atoms with Crippen LogP contribution >= 0.6 is 0 Å². The predicted molar refractivity (Wildman–Crippen MR) is 123 cm³/mol. The zero-order valence-electron chi connectivity index (χ0n) is 17.9. The monoisotopic (exact) mass is 388 g/mol. The van der Waals surface area contributed by atoms with Crippen LogP contribution in [0, 0.1) is 11.7 Å². The maximum Gasteiger partial charge on any atom is 0.138 e. The van der Waals surface area contributed by atoms with Gasteiger partial charge in [0.05, 0.1) is 0 Å². The first-order valence-corrected chi connectivity index (χ1v) is 11.5. The third kappa shape index (κ3) is 4.39. The Labute approximate surface area is 175 Å². The molecular weight excluding hydrogens is 355 g/mol. The van der Waals surface area contributed by atoms with Gasteiger partial charge in [0.1, 0.15) is 5.82 Å². The molecule has 4 rings (SSSR count). The Morgan fingerprint density at radius 3 is 2.28 bits per heavy atom. The van der Waals surface area contributed by atoms with Gasteiger partial charge in [-0.3, -0.25) is 0 Å². The molecule has 1 fully saturated rings. The highest BCUT2D eigenvalue weighted by Gasteiger charge is 2.22. The number of hydrogen-bond acceptors (Lipinski definition) is 0. The highest BCUT2D eigenvalue weighted by atomic mass is 19.1. The number of aryl methyl sites for hydroxylation is 1. The fourth-order valence-electron chi connectivity index (χ4n) is 5.14. The first kappa shape index (κ1) is 20.1. The van der Waals surface area contributed by atoms with E-state index in [-0.39, 0.29) is 5.82 Å². The topological polar surface area (TPSA) is 0 Å². The van der Waals surface area contributed by atoms with Crippen LogP contribution in [0.15, 0.2) is 54.6 Å². The highest BCUT2D eigenvalue weighted by molar-refractivity contribution is 5.88. The summed E-state index contributed by atoms with van der Waals surface area (Å²) in [5.41, 5.74) is 4.39. The van der Waals surface area contributed by atoms with Crippen molar-refractivity contribution < 1.29 is 4.39 Å². The van der Waals surface area contributed by atoms with Crippen molar-refractivity contribution >= 4 is 10.8 Å². The van der Waals surface area contributed by atoms with Crippen molar-refractivity contribution in [3.8, 4) is 11.1 Å². The van der Waals surface area contributed by atoms with Gasteiger partial charge in [-0.1, -0.05) is 87.7 Å². The summed E-state index contributed by atoms with van der Waals surface area (Å²) in [5.74, 6) is 1.51. The molecule has 1 aliphatic rings. The minimum Gasteiger partial charge on any atom is -0.206 e. The summed E-state index contributed by atoms with van der Waals surface area (Å²) in [7, 11) is 0. The van der Waals surface area contributed by atoms with Crippen LogP contribution < -0.4 is 0 Å². The molecule has 1 saturated carbocycles. The molecule has 0 aliphatic heterocycles. The van der Waals surface area contributed by atoms with Crippen LogP contribution in [-0.2, 0) is 6.42 Å². The average molecular weight is 389 g/mol. The Balaban J connectivity index is 1.54. The van der Waals surface area contributed by atoms with E-state index in [1.54, 1.807) is 0 Å². The molecule has 0 heterocycles. The van der Waals surface area contributed by atoms with Crippen LogP contribution in [0.4, 0.5) is 4.39 Å². The van der Waals surface area contributed by atoms with E-state index in [2.05, 4.69) is 56.3 Å². The van der Waals surface area contributed by atoms with Crippen LogP contribution in [-0.4, -0.2) is 0 Å². The van der Waals surface area contributed by atoms with E-state index in [1.807, 2.05) is 12.1 Å². The van der Waals surface area contributed by atoms with Crippen molar-refractivity contribution in [2.75, 3.05) is 0 Å². The Bertz CT molecular complexity index is 946. The van der Waals surface area contributed by atoms with Gasteiger partial charge in [0.25, 0.3) is 0 Å². The van der Waals surface area contributed by atoms with Crippen LogP contribution in [0.25, 0.3) is 21.9 Å². The zero-order chi connectivity index (χ0) is 20.2. The maximum absolute atomic E-state index is 15.2. The molecule has 0 radical (unpaired) electrons. The third-order valence-corrected chi connectivity index (χ3v) is 6.79. The molecule has 3 aromatic rings. The Kier molecular flexibility index (Phi) is 6.33. The number of rotatable bonds is 6. The lowest BCUT2D eigenvalue weighted by Gasteiger charge is -2.28. The fraction of sp³-hybridized carbons (Fsp3) is 0.429. The van der Waals surface area contributed by atoms with Crippen molar-refractivity contribution in [3.05, 3.63) is 71.5 Å². The molecule has 0 saturated heterocycles. The van der Waals surface area contributed by atoms with Crippen LogP contribution in [0.5, 0.6) is 0 Å². The molecule has 0 bridgehead atoms. The van der Waals surface area contributed by atoms with Gasteiger partial charge in [-0.2, -0.15) is 0 Å². The molecule has 1 aliphatic carbocycles. The van der Waals surface area contributed by atoms with Gasteiger partial charge in [-0.25, -0.2) is 4.39 Å². The van der Waals surface area contributed by atoms with Crippen molar-refractivity contribution in [3.63, 3.8) is 0 Å². The van der Waals surface area contributed by atoms with Crippen molar-refractivity contribution in [2.45, 2.75) is 71.1 Å². The number of fused-ring (bicyclic) bond motifs is 1. The fourth-order valence-corrected chi connectivity index (χ4v) is 5.14. The molecule has 152 valence electrons. The molecular formula is C28H33F. The van der Waals surface area contributed by atoms with Gasteiger partial charge in [0, 0.05) is 10.9 Å². The molecule has 1 heteroatoms. The normalized spacial score (nSPS) is 19.6. The van der Waals surface area contributed by atoms with Gasteiger partial charge < -0.3 is 0 Å². The summed E-state index contributed by atoms with van der Waals surface area (Å²) in [6.45, 7) is 4.47. The van der Waals surface area contributed by atoms with Gasteiger partial charge in [-0.05, 0) is 66.0 Å². The lowest BCUT2D eigenvalue weighted by molar-refractivity contribution is 0.308. The summed E-state index contributed by atoms with van der Waals surface area (Å²) in [5, 5.41) is 1.72. The second kappa shape index (κ2) is 9.11. The quantitative estimate of drug-likeness (QED) is 0.396. The zero-order valence-corrected chi connectivity index (χ0v) is 17.9. The van der Waals surface area contributed by atoms with E-state index in [9.17, 15) is 0 Å². The van der Waals surface area contributed by atoms with Crippen molar-refractivity contribution in [2.24, 2.45) is 5.92 Å². The molecule has 0 amide bonds. The minimum absolute atomic E-state index is 0.0987. The molecule has 0 nitrogen and oxygen atoms in total. The van der Waals surface area contributed by atoms with Gasteiger partial charge in [-0.15, -0.1) is 0 Å². The Morgan fingerprint density at radius 2 is 1.59 bits per heavy atom. The van der Waals surface area contributed by atoms with E-state index in [0.717, 1.165) is 35.1 Å². The predicted octanol–water partition coefficient (Wildman–Crippen LogP) is 8.67. The van der Waals surface area contributed by atoms with Crippen LogP contribution in [0.1, 0.15) is 75.8 Å². The number of halogens is 1. The van der Waals surface area contributed by atoms with E-state index < -0.39 is 0 Å². The molecule has 3 aromatic carbocycles. The van der Waals surface area contributed by atoms with Gasteiger partial charge in [0.15, 0.2) is 0 Å². The van der Waals surface area contributed by atoms with E-state index >= 15 is 4.39 Å². The Hall–Kier alpha value is -2.15. The largest absolute Gasteiger partial charge is 0.206 e. The smallest absolute Gasteiger partial charge is 0.138 e. The molecule has 0 atom stereocenters. The lowest BCUT2D eigenvalue weighted by atomic mass is 9.77. The van der Waals surface area contributed by atoms with Gasteiger partial charge >= 0.3 is 0 Å². The van der Waals surface area contributed by atoms with Crippen LogP contribution in [0.3, 0.4) is 0 Å². The molecule has 0 unspecified atom stereocenters. The summed E-state index contributed by atoms with van der Waals surface area (Å²) in [6, 6.07) is 18.8. The van der Waals surface area contributed by atoms with Crippen LogP contribution in [0.2, 0.25) is 0 Å². The van der Waals surface area contributed by atoms with Crippen molar-refractivity contribution in [1.29, 1.82) is 0 Å². The first-order valence-electron chi connectivity index (χ1n) is 11.5. The molecule has 0 N–H and O–H groups in total. The molecule has 0 spiro atoms. The summed E-state index contributed by atoms with van der Waals surface area (Å²) in [6.07, 6.45) is 10.2. The van der Waals surface area contributed by atoms with Crippen molar-refractivity contribution in [1.82, 2.24) is 0 Å². The van der Waals surface area contributed by atoms with E-state index in [4.69, 9.17) is 0 Å². The Morgan fingerprint density at radius 1 is 0.828 bits per heavy atom. The second-order valence-electron chi connectivity index (χ2n) is 8.86. The minimum atomic E-state index is -0.0987. The maximum atomic E-state index is 15.2. The molecule has 29 heavy (non-hydrogen) atoms. The first-order chi connectivity index (χ1) is 14.2. The highest BCUT2D eigenvalue weighted by Crippen LogP contribution is 2.38. The summed E-state index contributed by atoms with van der Waals surface area (Å²) < 4.78 is 15.2. The SMILES string of the molecule is CCCc1ccc2c(F)c(-c3ccc(C4CCC(CCC)CC4)cc3)ccc2c1. The standard InChI is InChI=1S/C28H33F/c1-3-5-20-7-10-22(11-8-20)23-12-14-24(15-13-23)26-18-16-25-19-21(6-4-2)9-17-27(25)28(26)29/h9,12-20,22H,3-8,10-11H2,1-2H3. The number of hydrogen-bond donors (Lipinski definition) is 0. The lowest BCUT2D eigenvalue weighted by Crippen LogP contribution is -2.13. The number of benzene rings is 3. The summed E-state index contributed by atoms with van der Waals surface area (Å²) in [4.78, 5) is 0. The summed E-state index contributed by atoms with van der Waals surface area (Å²) >= 11 is 0. The van der Waals surface area contributed by atoms with E-state index in [0.29, 0.717) is 11.5 Å².